The second-order valence-electron chi connectivity index (χ2n) is 8.15. The van der Waals surface area contributed by atoms with Gasteiger partial charge in [0, 0.05) is 28.7 Å². The first-order valence-corrected chi connectivity index (χ1v) is 11.1. The van der Waals surface area contributed by atoms with Crippen LogP contribution in [-0.2, 0) is 9.59 Å². The number of anilines is 1. The van der Waals surface area contributed by atoms with Gasteiger partial charge >= 0.3 is 0 Å². The molecule has 7 nitrogen and oxygen atoms in total. The zero-order valence-electron chi connectivity index (χ0n) is 19.3. The van der Waals surface area contributed by atoms with Crippen LogP contribution in [0.2, 0.25) is 0 Å². The maximum atomic E-state index is 12.8. The Labute approximate surface area is 202 Å². The highest BCUT2D eigenvalue weighted by Crippen LogP contribution is 2.37. The molecule has 0 atom stereocenters. The highest BCUT2D eigenvalue weighted by atomic mass is 16.5. The minimum absolute atomic E-state index is 0.0260. The molecular weight excluding hydrogens is 442 g/mol. The van der Waals surface area contributed by atoms with E-state index in [0.717, 1.165) is 22.1 Å². The molecule has 0 saturated carbocycles. The number of rotatable bonds is 5. The molecule has 0 bridgehead atoms. The third kappa shape index (κ3) is 4.44. The predicted molar refractivity (Wildman–Crippen MR) is 136 cm³/mol. The maximum Gasteiger partial charge on any atom is 0.255 e. The van der Waals surface area contributed by atoms with E-state index in [4.69, 9.17) is 9.15 Å². The quantitative estimate of drug-likeness (QED) is 0.401. The lowest BCUT2D eigenvalue weighted by molar-refractivity contribution is -0.116. The molecule has 1 aliphatic rings. The molecule has 35 heavy (non-hydrogen) atoms. The molecule has 5 rings (SSSR count). The van der Waals surface area contributed by atoms with Crippen molar-refractivity contribution in [1.82, 2.24) is 5.32 Å². The maximum absolute atomic E-state index is 12.8. The fourth-order valence-corrected chi connectivity index (χ4v) is 4.10. The summed E-state index contributed by atoms with van der Waals surface area (Å²) in [7, 11) is 1.58. The number of fused-ring (bicyclic) bond motifs is 1. The number of methoxy groups -OCH3 is 1. The second-order valence-corrected chi connectivity index (χ2v) is 8.15. The molecule has 0 saturated heterocycles. The average Bonchev–Trinajstić information content (AvgIpc) is 3.46. The highest BCUT2D eigenvalue weighted by molar-refractivity contribution is 6.17. The van der Waals surface area contributed by atoms with Crippen molar-refractivity contribution in [3.8, 4) is 16.9 Å². The molecule has 4 aromatic rings. The number of ether oxygens (including phenoxy) is 1. The Bertz CT molecular complexity index is 1470. The van der Waals surface area contributed by atoms with E-state index >= 15 is 0 Å². The Morgan fingerprint density at radius 2 is 1.80 bits per heavy atom. The van der Waals surface area contributed by atoms with Crippen LogP contribution in [-0.4, -0.2) is 24.8 Å². The minimum atomic E-state index is -0.374. The molecule has 2 heterocycles. The molecule has 0 fully saturated rings. The van der Waals surface area contributed by atoms with Gasteiger partial charge in [-0.2, -0.15) is 10.1 Å². The number of hydrogen-bond acceptors (Lipinski definition) is 5. The van der Waals surface area contributed by atoms with Gasteiger partial charge in [0.05, 0.1) is 25.5 Å². The fourth-order valence-electron chi connectivity index (χ4n) is 4.10. The van der Waals surface area contributed by atoms with Gasteiger partial charge < -0.3 is 14.5 Å². The number of nitrogens with one attached hydrogen (secondary N) is 1. The van der Waals surface area contributed by atoms with Gasteiger partial charge in [-0.1, -0.05) is 48.5 Å². The monoisotopic (exact) mass is 465 g/mol. The van der Waals surface area contributed by atoms with Gasteiger partial charge in [0.2, 0.25) is 5.91 Å². The van der Waals surface area contributed by atoms with Crippen molar-refractivity contribution in [1.29, 1.82) is 0 Å². The van der Waals surface area contributed by atoms with E-state index in [2.05, 4.69) is 10.4 Å². The molecule has 0 unspecified atom stereocenters. The van der Waals surface area contributed by atoms with Crippen molar-refractivity contribution in [3.63, 3.8) is 0 Å². The largest absolute Gasteiger partial charge is 0.496 e. The zero-order valence-corrected chi connectivity index (χ0v) is 19.3. The van der Waals surface area contributed by atoms with Gasteiger partial charge in [-0.3, -0.25) is 9.59 Å². The number of carbonyl (C=O) groups is 2. The van der Waals surface area contributed by atoms with Gasteiger partial charge in [-0.15, -0.1) is 0 Å². The molecule has 1 aliphatic heterocycles. The Morgan fingerprint density at radius 1 is 1.09 bits per heavy atom. The van der Waals surface area contributed by atoms with E-state index in [-0.39, 0.29) is 18.2 Å². The van der Waals surface area contributed by atoms with Crippen LogP contribution in [0, 0.1) is 0 Å². The van der Waals surface area contributed by atoms with Crippen LogP contribution >= 0.6 is 0 Å². The number of amides is 2. The molecule has 7 heteroatoms. The van der Waals surface area contributed by atoms with E-state index in [9.17, 15) is 9.59 Å². The summed E-state index contributed by atoms with van der Waals surface area (Å²) in [5.41, 5.74) is 4.81. The van der Waals surface area contributed by atoms with Crippen molar-refractivity contribution in [3.05, 3.63) is 90.7 Å². The van der Waals surface area contributed by atoms with E-state index in [1.54, 1.807) is 25.5 Å². The van der Waals surface area contributed by atoms with Crippen LogP contribution in [0.5, 0.6) is 5.75 Å². The van der Waals surface area contributed by atoms with E-state index in [1.807, 2.05) is 67.6 Å². The summed E-state index contributed by atoms with van der Waals surface area (Å²) in [6.07, 6.45) is 3.23. The molecule has 0 aliphatic carbocycles. The summed E-state index contributed by atoms with van der Waals surface area (Å²) < 4.78 is 11.4. The molecule has 1 aromatic heterocycles. The molecule has 174 valence electrons. The lowest BCUT2D eigenvalue weighted by Crippen LogP contribution is -2.28. The Morgan fingerprint density at radius 3 is 2.51 bits per heavy atom. The molecular formula is C28H23N3O4. The number of para-hydroxylation sites is 1. The van der Waals surface area contributed by atoms with Crippen molar-refractivity contribution in [2.24, 2.45) is 5.10 Å². The third-order valence-corrected chi connectivity index (χ3v) is 5.80. The van der Waals surface area contributed by atoms with Crippen LogP contribution < -0.4 is 15.1 Å². The van der Waals surface area contributed by atoms with Crippen molar-refractivity contribution in [2.75, 3.05) is 12.1 Å². The Kier molecular flexibility index (Phi) is 5.89. The summed E-state index contributed by atoms with van der Waals surface area (Å²) in [5, 5.41) is 9.22. The predicted octanol–water partition coefficient (Wildman–Crippen LogP) is 5.38. The number of carbonyl (C=O) groups excluding carboxylic acids is 2. The van der Waals surface area contributed by atoms with Crippen LogP contribution in [0.3, 0.4) is 0 Å². The number of amidine groups is 1. The van der Waals surface area contributed by atoms with Crippen molar-refractivity contribution in [2.45, 2.75) is 13.3 Å². The number of nitrogens with zero attached hydrogens (tertiary/aromatic N) is 2. The minimum Gasteiger partial charge on any atom is -0.496 e. The molecule has 1 N–H and O–H groups in total. The third-order valence-electron chi connectivity index (χ3n) is 5.80. The van der Waals surface area contributed by atoms with Gasteiger partial charge in [-0.05, 0) is 36.3 Å². The van der Waals surface area contributed by atoms with E-state index in [0.29, 0.717) is 28.4 Å². The fraction of sp³-hybridized carbons (Fsp3) is 0.107. The van der Waals surface area contributed by atoms with Gasteiger partial charge in [0.25, 0.3) is 5.91 Å². The van der Waals surface area contributed by atoms with Crippen molar-refractivity contribution >= 4 is 39.9 Å². The summed E-state index contributed by atoms with van der Waals surface area (Å²) in [4.78, 5) is 25.1. The second kappa shape index (κ2) is 9.30. The van der Waals surface area contributed by atoms with Gasteiger partial charge in [0.15, 0.2) is 0 Å². The summed E-state index contributed by atoms with van der Waals surface area (Å²) in [6.45, 7) is 1.84. The topological polar surface area (TPSA) is 84.1 Å². The number of hydrogen-bond donors (Lipinski definition) is 1. The standard InChI is InChI=1S/C28H23N3O4/c1-18(13-27(32)29-26-16-28(33)31(30-26)20-11-7-4-8-12-20)21-14-22-23(19-9-5-3-6-10-19)17-35-25(22)15-24(21)34-2/h3-15,17H,16H2,1-2H3,(H,29,30,32)/b18-13+. The number of benzene rings is 3. The van der Waals surface area contributed by atoms with Crippen LogP contribution in [0.25, 0.3) is 27.7 Å². The number of hydrazone groups is 1. The smallest absolute Gasteiger partial charge is 0.255 e. The molecule has 0 radical (unpaired) electrons. The first-order valence-electron chi connectivity index (χ1n) is 11.1. The zero-order chi connectivity index (χ0) is 24.4. The lowest BCUT2D eigenvalue weighted by Gasteiger charge is -2.10. The van der Waals surface area contributed by atoms with Crippen LogP contribution in [0.15, 0.2) is 94.7 Å². The van der Waals surface area contributed by atoms with Crippen LogP contribution in [0.1, 0.15) is 18.9 Å². The van der Waals surface area contributed by atoms with Crippen LogP contribution in [0.4, 0.5) is 5.69 Å². The van der Waals surface area contributed by atoms with Gasteiger partial charge in [0.1, 0.15) is 17.2 Å². The number of allylic oxidation sites excluding steroid dienone is 1. The van der Waals surface area contributed by atoms with Gasteiger partial charge in [-0.25, -0.2) is 0 Å². The van der Waals surface area contributed by atoms with E-state index in [1.165, 1.54) is 11.1 Å². The average molecular weight is 466 g/mol. The molecule has 2 amide bonds. The first kappa shape index (κ1) is 22.2. The first-order chi connectivity index (χ1) is 17.0. The lowest BCUT2D eigenvalue weighted by atomic mass is 9.99. The Hall–Kier alpha value is -4.65. The SMILES string of the molecule is COc1cc2occ(-c3ccccc3)c2cc1/C(C)=C/C(=O)NC1=NN(c2ccccc2)C(=O)C1. The number of furan rings is 1. The molecule has 0 spiro atoms. The van der Waals surface area contributed by atoms with Crippen molar-refractivity contribution < 1.29 is 18.7 Å². The molecule has 3 aromatic carbocycles. The Balaban J connectivity index is 1.41. The van der Waals surface area contributed by atoms with E-state index < -0.39 is 0 Å². The summed E-state index contributed by atoms with van der Waals surface area (Å²) in [6, 6.07) is 22.8. The summed E-state index contributed by atoms with van der Waals surface area (Å²) >= 11 is 0. The summed E-state index contributed by atoms with van der Waals surface area (Å²) in [5.74, 6) is 0.322. The highest BCUT2D eigenvalue weighted by Gasteiger charge is 2.26. The normalized spacial score (nSPS) is 13.8.